The first-order valence-electron chi connectivity index (χ1n) is 10.6. The van der Waals surface area contributed by atoms with Gasteiger partial charge in [-0.25, -0.2) is 16.8 Å². The summed E-state index contributed by atoms with van der Waals surface area (Å²) in [6, 6.07) is 3.19. The number of aromatic nitrogens is 2. The van der Waals surface area contributed by atoms with Gasteiger partial charge in [0.1, 0.15) is 15.4 Å². The third-order valence-electron chi connectivity index (χ3n) is 5.61. The minimum atomic E-state index is -5.50. The molecule has 1 aliphatic carbocycles. The van der Waals surface area contributed by atoms with E-state index in [1.54, 1.807) is 0 Å². The standard InChI is InChI=1S/C20H25F3N6O5S2/c1-35(31,32)9-8-26-13-4-7-17(16(24)10-13)29-11-15(18(25)30)19(28-29)27-12-2-5-14(6-3-12)36(33,34)20(21,22)23/h2-3,5-6,11,13,17,24,26H,4,7-10H2,1H3,(H2,25,30)(H,27,28)/t13?,17-/m0/s1. The highest BCUT2D eigenvalue weighted by molar-refractivity contribution is 7.92. The molecule has 3 rings (SSSR count). The van der Waals surface area contributed by atoms with E-state index in [1.807, 2.05) is 0 Å². The van der Waals surface area contributed by atoms with Crippen molar-refractivity contribution in [2.45, 2.75) is 41.7 Å². The number of sulfone groups is 2. The van der Waals surface area contributed by atoms with Gasteiger partial charge in [0.05, 0.1) is 16.7 Å². The zero-order valence-electron chi connectivity index (χ0n) is 19.0. The van der Waals surface area contributed by atoms with Gasteiger partial charge in [0.2, 0.25) is 0 Å². The third-order valence-corrected chi connectivity index (χ3v) is 8.06. The highest BCUT2D eigenvalue weighted by atomic mass is 32.2. The van der Waals surface area contributed by atoms with Gasteiger partial charge in [-0.3, -0.25) is 9.48 Å². The second kappa shape index (κ2) is 10.2. The van der Waals surface area contributed by atoms with E-state index in [0.717, 1.165) is 30.5 Å². The topological polar surface area (TPSA) is 177 Å². The molecule has 0 radical (unpaired) electrons. The molecule has 1 aromatic heterocycles. The normalized spacial score (nSPS) is 19.3. The van der Waals surface area contributed by atoms with Crippen LogP contribution >= 0.6 is 0 Å². The molecule has 16 heteroatoms. The van der Waals surface area contributed by atoms with E-state index >= 15 is 0 Å². The smallest absolute Gasteiger partial charge is 0.365 e. The maximum Gasteiger partial charge on any atom is 0.501 e. The number of halogens is 3. The summed E-state index contributed by atoms with van der Waals surface area (Å²) in [5, 5.41) is 18.6. The van der Waals surface area contributed by atoms with Crippen LogP contribution in [0.25, 0.3) is 0 Å². The van der Waals surface area contributed by atoms with Gasteiger partial charge in [0.25, 0.3) is 15.7 Å². The molecule has 0 bridgehead atoms. The maximum atomic E-state index is 12.7. The van der Waals surface area contributed by atoms with E-state index in [2.05, 4.69) is 15.7 Å². The molecule has 5 N–H and O–H groups in total. The van der Waals surface area contributed by atoms with Crippen molar-refractivity contribution in [3.8, 4) is 0 Å². The fraction of sp³-hybridized carbons (Fsp3) is 0.450. The minimum Gasteiger partial charge on any atom is -0.365 e. The lowest BCUT2D eigenvalue weighted by Crippen LogP contribution is -2.40. The Morgan fingerprint density at radius 2 is 1.83 bits per heavy atom. The monoisotopic (exact) mass is 550 g/mol. The number of nitrogens with two attached hydrogens (primary N) is 1. The number of alkyl halides is 3. The Kier molecular flexibility index (Phi) is 7.80. The zero-order valence-corrected chi connectivity index (χ0v) is 20.7. The van der Waals surface area contributed by atoms with Crippen molar-refractivity contribution in [2.24, 2.45) is 5.73 Å². The third kappa shape index (κ3) is 6.41. The summed E-state index contributed by atoms with van der Waals surface area (Å²) >= 11 is 0. The highest BCUT2D eigenvalue weighted by Crippen LogP contribution is 2.32. The molecule has 0 spiro atoms. The van der Waals surface area contributed by atoms with Crippen LogP contribution in [0.5, 0.6) is 0 Å². The van der Waals surface area contributed by atoms with Crippen molar-refractivity contribution in [1.29, 1.82) is 5.41 Å². The highest BCUT2D eigenvalue weighted by Gasteiger charge is 2.46. The number of nitrogens with one attached hydrogen (secondary N) is 3. The predicted octanol–water partition coefficient (Wildman–Crippen LogP) is 1.77. The Hall–Kier alpha value is -2.98. The van der Waals surface area contributed by atoms with Gasteiger partial charge in [-0.1, -0.05) is 0 Å². The van der Waals surface area contributed by atoms with Crippen molar-refractivity contribution in [2.75, 3.05) is 23.9 Å². The number of carbonyl (C=O) groups is 1. The molecule has 2 aromatic rings. The molecule has 0 saturated heterocycles. The zero-order chi connectivity index (χ0) is 26.9. The summed E-state index contributed by atoms with van der Waals surface area (Å²) < 4.78 is 85.2. The lowest BCUT2D eigenvalue weighted by molar-refractivity contribution is -0.0436. The van der Waals surface area contributed by atoms with E-state index in [4.69, 9.17) is 11.1 Å². The van der Waals surface area contributed by atoms with Crippen LogP contribution in [0.4, 0.5) is 24.7 Å². The second-order valence-electron chi connectivity index (χ2n) is 8.44. The average molecular weight is 551 g/mol. The largest absolute Gasteiger partial charge is 0.501 e. The molecule has 11 nitrogen and oxygen atoms in total. The van der Waals surface area contributed by atoms with Crippen molar-refractivity contribution >= 4 is 42.8 Å². The molecular formula is C20H25F3N6O5S2. The van der Waals surface area contributed by atoms with Gasteiger partial charge >= 0.3 is 5.51 Å². The molecule has 1 amide bonds. The molecule has 1 fully saturated rings. The van der Waals surface area contributed by atoms with Gasteiger partial charge in [-0.05, 0) is 37.1 Å². The quantitative estimate of drug-likeness (QED) is 0.365. The molecule has 36 heavy (non-hydrogen) atoms. The van der Waals surface area contributed by atoms with E-state index in [0.29, 0.717) is 25.0 Å². The number of benzene rings is 1. The van der Waals surface area contributed by atoms with Gasteiger partial charge in [-0.2, -0.15) is 18.3 Å². The summed E-state index contributed by atoms with van der Waals surface area (Å²) in [6.45, 7) is 0.270. The molecular weight excluding hydrogens is 525 g/mol. The number of rotatable bonds is 9. The number of carbonyl (C=O) groups excluding carboxylic acids is 1. The Morgan fingerprint density at radius 3 is 2.36 bits per heavy atom. The van der Waals surface area contributed by atoms with Gasteiger partial charge < -0.3 is 21.8 Å². The Balaban J connectivity index is 1.73. The van der Waals surface area contributed by atoms with Crippen molar-refractivity contribution in [3.05, 3.63) is 36.0 Å². The Labute approximate surface area is 205 Å². The number of anilines is 2. The molecule has 1 saturated carbocycles. The summed E-state index contributed by atoms with van der Waals surface area (Å²) in [6.07, 6.45) is 3.97. The lowest BCUT2D eigenvalue weighted by atomic mass is 9.89. The molecule has 2 atom stereocenters. The van der Waals surface area contributed by atoms with Crippen LogP contribution in [0.2, 0.25) is 0 Å². The van der Waals surface area contributed by atoms with E-state index < -0.39 is 42.0 Å². The number of hydrogen-bond donors (Lipinski definition) is 4. The Morgan fingerprint density at radius 1 is 1.19 bits per heavy atom. The molecule has 1 aliphatic rings. The predicted molar refractivity (Wildman–Crippen MR) is 126 cm³/mol. The maximum absolute atomic E-state index is 12.7. The average Bonchev–Trinajstić information content (AvgIpc) is 3.16. The first-order chi connectivity index (χ1) is 16.6. The van der Waals surface area contributed by atoms with E-state index in [-0.39, 0.29) is 35.4 Å². The number of hydrogen-bond acceptors (Lipinski definition) is 9. The van der Waals surface area contributed by atoms with Crippen LogP contribution in [0.15, 0.2) is 35.4 Å². The van der Waals surface area contributed by atoms with Gasteiger partial charge in [0, 0.05) is 42.9 Å². The molecule has 1 aromatic carbocycles. The lowest BCUT2D eigenvalue weighted by Gasteiger charge is -2.30. The number of amides is 1. The van der Waals surface area contributed by atoms with Crippen LogP contribution in [0.3, 0.4) is 0 Å². The van der Waals surface area contributed by atoms with Crippen molar-refractivity contribution in [1.82, 2.24) is 15.1 Å². The second-order valence-corrected chi connectivity index (χ2v) is 12.6. The minimum absolute atomic E-state index is 0.00451. The molecule has 1 unspecified atom stereocenters. The molecule has 198 valence electrons. The fourth-order valence-electron chi connectivity index (χ4n) is 3.76. The summed E-state index contributed by atoms with van der Waals surface area (Å²) in [4.78, 5) is 11.0. The van der Waals surface area contributed by atoms with Gasteiger partial charge in [0.15, 0.2) is 5.82 Å². The van der Waals surface area contributed by atoms with Crippen LogP contribution in [-0.2, 0) is 19.7 Å². The molecule has 0 aliphatic heterocycles. The summed E-state index contributed by atoms with van der Waals surface area (Å²) in [5.74, 6) is -0.850. The van der Waals surface area contributed by atoms with Crippen molar-refractivity contribution < 1.29 is 34.8 Å². The van der Waals surface area contributed by atoms with E-state index in [9.17, 15) is 34.8 Å². The Bertz CT molecular complexity index is 1360. The fourth-order valence-corrected chi connectivity index (χ4v) is 5.01. The van der Waals surface area contributed by atoms with Crippen LogP contribution < -0.4 is 16.4 Å². The van der Waals surface area contributed by atoms with Crippen LogP contribution in [0.1, 0.15) is 35.7 Å². The summed E-state index contributed by atoms with van der Waals surface area (Å²) in [5.41, 5.74) is 0.449. The van der Waals surface area contributed by atoms with Crippen LogP contribution in [-0.4, -0.2) is 68.3 Å². The first-order valence-corrected chi connectivity index (χ1v) is 14.2. The van der Waals surface area contributed by atoms with Crippen molar-refractivity contribution in [3.63, 3.8) is 0 Å². The summed E-state index contributed by atoms with van der Waals surface area (Å²) in [7, 11) is -8.61. The first kappa shape index (κ1) is 27.6. The SMILES string of the molecule is CS(=O)(=O)CCNC1CC[C@H](n2cc(C(N)=O)c(Nc3ccc(S(=O)(=O)C(F)(F)F)cc3)n2)C(=N)C1. The van der Waals surface area contributed by atoms with Crippen LogP contribution in [0, 0.1) is 5.41 Å². The number of primary amides is 1. The van der Waals surface area contributed by atoms with Gasteiger partial charge in [-0.15, -0.1) is 0 Å². The number of nitrogens with zero attached hydrogens (tertiary/aromatic N) is 2. The molecule has 1 heterocycles. The van der Waals surface area contributed by atoms with E-state index in [1.165, 1.54) is 10.9 Å².